The standard InChI is InChI=1S/C13H16FN3/c1-8-6-15-7-9(8)13-16-12-10(14)4-3-5-11(12)17(13)2/h3-5,8-9,15H,6-7H2,1-2H3/t8-,9-/m1/s1. The maximum absolute atomic E-state index is 13.7. The number of aromatic nitrogens is 2. The summed E-state index contributed by atoms with van der Waals surface area (Å²) in [6, 6.07) is 5.12. The van der Waals surface area contributed by atoms with Gasteiger partial charge in [-0.1, -0.05) is 13.0 Å². The van der Waals surface area contributed by atoms with Crippen molar-refractivity contribution < 1.29 is 4.39 Å². The van der Waals surface area contributed by atoms with Crippen molar-refractivity contribution in [2.75, 3.05) is 13.1 Å². The van der Waals surface area contributed by atoms with E-state index in [1.165, 1.54) is 6.07 Å². The second kappa shape index (κ2) is 3.81. The van der Waals surface area contributed by atoms with E-state index in [-0.39, 0.29) is 5.82 Å². The van der Waals surface area contributed by atoms with Crippen LogP contribution in [0.25, 0.3) is 11.0 Å². The third kappa shape index (κ3) is 1.55. The van der Waals surface area contributed by atoms with Gasteiger partial charge in [-0.2, -0.15) is 0 Å². The number of nitrogens with zero attached hydrogens (tertiary/aromatic N) is 2. The van der Waals surface area contributed by atoms with Crippen LogP contribution >= 0.6 is 0 Å². The van der Waals surface area contributed by atoms with Gasteiger partial charge in [0, 0.05) is 19.5 Å². The molecule has 17 heavy (non-hydrogen) atoms. The summed E-state index contributed by atoms with van der Waals surface area (Å²) in [6.45, 7) is 4.15. The normalized spacial score (nSPS) is 24.6. The SMILES string of the molecule is C[C@@H]1CNC[C@H]1c1nc2c(F)cccc2n1C. The number of nitrogens with one attached hydrogen (secondary N) is 1. The maximum atomic E-state index is 13.7. The topological polar surface area (TPSA) is 29.9 Å². The van der Waals surface area contributed by atoms with Crippen LogP contribution in [0.5, 0.6) is 0 Å². The molecule has 1 saturated heterocycles. The van der Waals surface area contributed by atoms with Crippen LogP contribution in [0.2, 0.25) is 0 Å². The third-order valence-corrected chi connectivity index (χ3v) is 3.75. The minimum atomic E-state index is -0.233. The van der Waals surface area contributed by atoms with Gasteiger partial charge in [0.05, 0.1) is 5.52 Å². The second-order valence-corrected chi connectivity index (χ2v) is 4.88. The van der Waals surface area contributed by atoms with Crippen LogP contribution in [0.4, 0.5) is 4.39 Å². The Labute approximate surface area is 99.7 Å². The molecule has 0 unspecified atom stereocenters. The summed E-state index contributed by atoms with van der Waals surface area (Å²) in [5.41, 5.74) is 1.36. The Morgan fingerprint density at radius 3 is 2.88 bits per heavy atom. The van der Waals surface area contributed by atoms with Crippen molar-refractivity contribution in [1.29, 1.82) is 0 Å². The Morgan fingerprint density at radius 1 is 1.41 bits per heavy atom. The third-order valence-electron chi connectivity index (χ3n) is 3.75. The summed E-state index contributed by atoms with van der Waals surface area (Å²) < 4.78 is 15.7. The van der Waals surface area contributed by atoms with Crippen molar-refractivity contribution in [1.82, 2.24) is 14.9 Å². The zero-order chi connectivity index (χ0) is 12.0. The van der Waals surface area contributed by atoms with Gasteiger partial charge in [-0.15, -0.1) is 0 Å². The molecule has 2 heterocycles. The first-order valence-corrected chi connectivity index (χ1v) is 6.00. The highest BCUT2D eigenvalue weighted by Gasteiger charge is 2.29. The van der Waals surface area contributed by atoms with E-state index in [2.05, 4.69) is 17.2 Å². The lowest BCUT2D eigenvalue weighted by molar-refractivity contribution is 0.533. The number of imidazole rings is 1. The summed E-state index contributed by atoms with van der Waals surface area (Å²) in [4.78, 5) is 4.49. The highest BCUT2D eigenvalue weighted by atomic mass is 19.1. The van der Waals surface area contributed by atoms with E-state index in [4.69, 9.17) is 0 Å². The lowest BCUT2D eigenvalue weighted by Crippen LogP contribution is -2.13. The maximum Gasteiger partial charge on any atom is 0.151 e. The van der Waals surface area contributed by atoms with Gasteiger partial charge < -0.3 is 9.88 Å². The van der Waals surface area contributed by atoms with Crippen LogP contribution in [0, 0.1) is 11.7 Å². The molecule has 1 aliphatic heterocycles. The molecule has 0 radical (unpaired) electrons. The van der Waals surface area contributed by atoms with Crippen LogP contribution in [-0.4, -0.2) is 22.6 Å². The van der Waals surface area contributed by atoms with Gasteiger partial charge in [0.25, 0.3) is 0 Å². The number of hydrogen-bond donors (Lipinski definition) is 1. The number of aryl methyl sites for hydroxylation is 1. The minimum absolute atomic E-state index is 0.233. The van der Waals surface area contributed by atoms with E-state index in [1.54, 1.807) is 6.07 Å². The van der Waals surface area contributed by atoms with E-state index in [1.807, 2.05) is 17.7 Å². The molecule has 2 atom stereocenters. The number of fused-ring (bicyclic) bond motifs is 1. The molecule has 0 saturated carbocycles. The minimum Gasteiger partial charge on any atom is -0.331 e. The van der Waals surface area contributed by atoms with E-state index in [0.29, 0.717) is 17.4 Å². The molecule has 4 heteroatoms. The predicted octanol–water partition coefficient (Wildman–Crippen LogP) is 2.04. The highest BCUT2D eigenvalue weighted by Crippen LogP contribution is 2.29. The van der Waals surface area contributed by atoms with E-state index in [9.17, 15) is 4.39 Å². The molecule has 1 aromatic heterocycles. The lowest BCUT2D eigenvalue weighted by atomic mass is 9.97. The largest absolute Gasteiger partial charge is 0.331 e. The fraction of sp³-hybridized carbons (Fsp3) is 0.462. The van der Waals surface area contributed by atoms with Crippen molar-refractivity contribution in [3.63, 3.8) is 0 Å². The quantitative estimate of drug-likeness (QED) is 0.816. The van der Waals surface area contributed by atoms with Crippen molar-refractivity contribution in [2.45, 2.75) is 12.8 Å². The number of hydrogen-bond acceptors (Lipinski definition) is 2. The molecule has 3 rings (SSSR count). The molecule has 1 fully saturated rings. The van der Waals surface area contributed by atoms with Gasteiger partial charge in [0.15, 0.2) is 5.82 Å². The molecule has 1 aromatic carbocycles. The fourth-order valence-electron chi connectivity index (χ4n) is 2.69. The molecule has 3 nitrogen and oxygen atoms in total. The number of benzene rings is 1. The van der Waals surface area contributed by atoms with Crippen LogP contribution in [0.3, 0.4) is 0 Å². The van der Waals surface area contributed by atoms with Crippen molar-refractivity contribution in [3.05, 3.63) is 29.8 Å². The lowest BCUT2D eigenvalue weighted by Gasteiger charge is -2.13. The molecule has 1 N–H and O–H groups in total. The molecule has 0 aliphatic carbocycles. The second-order valence-electron chi connectivity index (χ2n) is 4.88. The van der Waals surface area contributed by atoms with Crippen molar-refractivity contribution in [3.8, 4) is 0 Å². The van der Waals surface area contributed by atoms with Gasteiger partial charge in [-0.3, -0.25) is 0 Å². The number of para-hydroxylation sites is 1. The first kappa shape index (κ1) is 10.7. The number of halogens is 1. The smallest absolute Gasteiger partial charge is 0.151 e. The monoisotopic (exact) mass is 233 g/mol. The van der Waals surface area contributed by atoms with E-state index < -0.39 is 0 Å². The first-order chi connectivity index (χ1) is 8.18. The molecule has 90 valence electrons. The van der Waals surface area contributed by atoms with Crippen LogP contribution in [0.15, 0.2) is 18.2 Å². The van der Waals surface area contributed by atoms with Gasteiger partial charge in [-0.05, 0) is 24.6 Å². The molecule has 0 bridgehead atoms. The molecule has 1 aliphatic rings. The fourth-order valence-corrected chi connectivity index (χ4v) is 2.69. The zero-order valence-electron chi connectivity index (χ0n) is 10.1. The van der Waals surface area contributed by atoms with Gasteiger partial charge in [0.1, 0.15) is 11.3 Å². The van der Waals surface area contributed by atoms with Crippen LogP contribution in [-0.2, 0) is 7.05 Å². The Hall–Kier alpha value is -1.42. The highest BCUT2D eigenvalue weighted by molar-refractivity contribution is 5.76. The molecule has 2 aromatic rings. The van der Waals surface area contributed by atoms with E-state index >= 15 is 0 Å². The van der Waals surface area contributed by atoms with Gasteiger partial charge in [-0.25, -0.2) is 9.37 Å². The summed E-state index contributed by atoms with van der Waals surface area (Å²) in [7, 11) is 1.97. The zero-order valence-corrected chi connectivity index (χ0v) is 10.1. The summed E-state index contributed by atoms with van der Waals surface area (Å²) in [5, 5.41) is 3.36. The van der Waals surface area contributed by atoms with Crippen LogP contribution in [0.1, 0.15) is 18.7 Å². The average Bonchev–Trinajstić information content (AvgIpc) is 2.85. The van der Waals surface area contributed by atoms with Gasteiger partial charge in [0.2, 0.25) is 0 Å². The predicted molar refractivity (Wildman–Crippen MR) is 65.4 cm³/mol. The summed E-state index contributed by atoms with van der Waals surface area (Å²) >= 11 is 0. The van der Waals surface area contributed by atoms with E-state index in [0.717, 1.165) is 24.4 Å². The average molecular weight is 233 g/mol. The number of rotatable bonds is 1. The van der Waals surface area contributed by atoms with Crippen LogP contribution < -0.4 is 5.32 Å². The molecule has 0 spiro atoms. The first-order valence-electron chi connectivity index (χ1n) is 6.00. The summed E-state index contributed by atoms with van der Waals surface area (Å²) in [5.74, 6) is 1.69. The summed E-state index contributed by atoms with van der Waals surface area (Å²) in [6.07, 6.45) is 0. The molecule has 0 amide bonds. The molecular formula is C13H16FN3. The Kier molecular flexibility index (Phi) is 2.40. The van der Waals surface area contributed by atoms with Crippen molar-refractivity contribution >= 4 is 11.0 Å². The molecular weight excluding hydrogens is 217 g/mol. The Balaban J connectivity index is 2.17. The Bertz CT molecular complexity index is 561. The van der Waals surface area contributed by atoms with Crippen molar-refractivity contribution in [2.24, 2.45) is 13.0 Å². The Morgan fingerprint density at radius 2 is 2.24 bits per heavy atom. The van der Waals surface area contributed by atoms with Gasteiger partial charge >= 0.3 is 0 Å².